The number of aromatic nitrogens is 3. The molecule has 2 aromatic heterocycles. The standard InChI is InChI=1S/C25H22N4O6S/c1-16-14-27-23(24(28-16)34-2)29-36(32,33)21-4-3-13-26-22(21)18-9-11-20(12-10-18)35-15-17-5-7-19(8-6-17)25(30)31/h3-14H,15H2,1-2H3,(H,27,29)(H,30,31). The zero-order valence-electron chi connectivity index (χ0n) is 19.4. The van der Waals surface area contributed by atoms with Crippen molar-refractivity contribution in [2.24, 2.45) is 0 Å². The molecule has 11 heteroatoms. The molecule has 10 nitrogen and oxygen atoms in total. The van der Waals surface area contributed by atoms with E-state index in [1.54, 1.807) is 43.3 Å². The van der Waals surface area contributed by atoms with Crippen molar-refractivity contribution in [3.63, 3.8) is 0 Å². The number of carboxylic acid groups (broad SMARTS) is 1. The summed E-state index contributed by atoms with van der Waals surface area (Å²) < 4.78 is 39.8. The van der Waals surface area contributed by atoms with Crippen LogP contribution in [-0.4, -0.2) is 41.6 Å². The van der Waals surface area contributed by atoms with Crippen molar-refractivity contribution >= 4 is 21.8 Å². The number of rotatable bonds is 9. The lowest BCUT2D eigenvalue weighted by atomic mass is 10.1. The average molecular weight is 507 g/mol. The number of nitrogens with one attached hydrogen (secondary N) is 1. The molecule has 0 aliphatic heterocycles. The highest BCUT2D eigenvalue weighted by molar-refractivity contribution is 7.92. The third kappa shape index (κ3) is 5.58. The molecule has 0 aliphatic carbocycles. The van der Waals surface area contributed by atoms with Gasteiger partial charge in [0, 0.05) is 11.8 Å². The van der Waals surface area contributed by atoms with E-state index < -0.39 is 16.0 Å². The largest absolute Gasteiger partial charge is 0.489 e. The summed E-state index contributed by atoms with van der Waals surface area (Å²) in [5.74, 6) is -0.407. The summed E-state index contributed by atoms with van der Waals surface area (Å²) in [7, 11) is -2.69. The van der Waals surface area contributed by atoms with Crippen LogP contribution < -0.4 is 14.2 Å². The van der Waals surface area contributed by atoms with Crippen molar-refractivity contribution in [1.29, 1.82) is 0 Å². The van der Waals surface area contributed by atoms with Gasteiger partial charge in [-0.25, -0.2) is 23.2 Å². The molecule has 0 bridgehead atoms. The summed E-state index contributed by atoms with van der Waals surface area (Å²) in [6.45, 7) is 1.96. The Labute approximate surface area is 207 Å². The Bertz CT molecular complexity index is 1490. The summed E-state index contributed by atoms with van der Waals surface area (Å²) >= 11 is 0. The van der Waals surface area contributed by atoms with Gasteiger partial charge in [0.05, 0.1) is 30.3 Å². The Kier molecular flexibility index (Phi) is 7.11. The number of pyridine rings is 1. The third-order valence-corrected chi connectivity index (χ3v) is 6.45. The van der Waals surface area contributed by atoms with E-state index in [4.69, 9.17) is 14.6 Å². The summed E-state index contributed by atoms with van der Waals surface area (Å²) in [6, 6.07) is 16.2. The first-order valence-corrected chi connectivity index (χ1v) is 12.2. The molecule has 0 unspecified atom stereocenters. The SMILES string of the molecule is COc1nc(C)cnc1NS(=O)(=O)c1cccnc1-c1ccc(OCc2ccc(C(=O)O)cc2)cc1. The summed E-state index contributed by atoms with van der Waals surface area (Å²) in [4.78, 5) is 23.4. The van der Waals surface area contributed by atoms with Gasteiger partial charge in [0.25, 0.3) is 15.9 Å². The lowest BCUT2D eigenvalue weighted by Crippen LogP contribution is -2.16. The molecule has 0 radical (unpaired) electrons. The van der Waals surface area contributed by atoms with Crippen molar-refractivity contribution in [2.45, 2.75) is 18.4 Å². The van der Waals surface area contributed by atoms with Crippen molar-refractivity contribution in [1.82, 2.24) is 15.0 Å². The highest BCUT2D eigenvalue weighted by atomic mass is 32.2. The molecule has 0 fully saturated rings. The quantitative estimate of drug-likeness (QED) is 0.345. The second-order valence-corrected chi connectivity index (χ2v) is 9.29. The fraction of sp³-hybridized carbons (Fsp3) is 0.120. The van der Waals surface area contributed by atoms with Crippen LogP contribution in [0.1, 0.15) is 21.6 Å². The molecular weight excluding hydrogens is 484 g/mol. The lowest BCUT2D eigenvalue weighted by Gasteiger charge is -2.13. The number of nitrogens with zero attached hydrogens (tertiary/aromatic N) is 3. The number of aryl methyl sites for hydroxylation is 1. The van der Waals surface area contributed by atoms with Gasteiger partial charge in [-0.3, -0.25) is 9.71 Å². The highest BCUT2D eigenvalue weighted by Gasteiger charge is 2.23. The molecular formula is C25H22N4O6S. The predicted molar refractivity (Wildman–Crippen MR) is 132 cm³/mol. The number of hydrogen-bond acceptors (Lipinski definition) is 8. The van der Waals surface area contributed by atoms with E-state index in [0.717, 1.165) is 5.56 Å². The zero-order valence-corrected chi connectivity index (χ0v) is 20.2. The molecule has 0 atom stereocenters. The van der Waals surface area contributed by atoms with Crippen LogP contribution >= 0.6 is 0 Å². The minimum atomic E-state index is -4.07. The second-order valence-electron chi connectivity index (χ2n) is 7.64. The van der Waals surface area contributed by atoms with E-state index in [1.165, 1.54) is 43.8 Å². The van der Waals surface area contributed by atoms with E-state index >= 15 is 0 Å². The first-order chi connectivity index (χ1) is 17.3. The van der Waals surface area contributed by atoms with Crippen LogP contribution in [0.3, 0.4) is 0 Å². The van der Waals surface area contributed by atoms with Crippen molar-refractivity contribution < 1.29 is 27.8 Å². The molecule has 2 heterocycles. The maximum absolute atomic E-state index is 13.2. The Morgan fingerprint density at radius 1 is 1.03 bits per heavy atom. The number of carboxylic acids is 1. The number of benzene rings is 2. The highest BCUT2D eigenvalue weighted by Crippen LogP contribution is 2.29. The smallest absolute Gasteiger partial charge is 0.335 e. The van der Waals surface area contributed by atoms with Crippen LogP contribution in [0.5, 0.6) is 11.6 Å². The Hall–Kier alpha value is -4.51. The monoisotopic (exact) mass is 506 g/mol. The van der Waals surface area contributed by atoms with Gasteiger partial charge < -0.3 is 14.6 Å². The van der Waals surface area contributed by atoms with Gasteiger partial charge in [-0.1, -0.05) is 12.1 Å². The molecule has 36 heavy (non-hydrogen) atoms. The van der Waals surface area contributed by atoms with E-state index in [1.807, 2.05) is 0 Å². The van der Waals surface area contributed by atoms with Crippen molar-refractivity contribution in [3.8, 4) is 22.9 Å². The van der Waals surface area contributed by atoms with Gasteiger partial charge in [-0.2, -0.15) is 0 Å². The van der Waals surface area contributed by atoms with Crippen LogP contribution in [0.2, 0.25) is 0 Å². The van der Waals surface area contributed by atoms with Gasteiger partial charge in [-0.05, 0) is 61.0 Å². The maximum Gasteiger partial charge on any atom is 0.335 e. The molecule has 0 aliphatic rings. The van der Waals surface area contributed by atoms with Crippen LogP contribution in [0.25, 0.3) is 11.3 Å². The molecule has 2 N–H and O–H groups in total. The number of carbonyl (C=O) groups is 1. The molecule has 0 spiro atoms. The van der Waals surface area contributed by atoms with E-state index in [2.05, 4.69) is 19.7 Å². The summed E-state index contributed by atoms with van der Waals surface area (Å²) in [6.07, 6.45) is 2.94. The van der Waals surface area contributed by atoms with Crippen LogP contribution in [0, 0.1) is 6.92 Å². The average Bonchev–Trinajstić information content (AvgIpc) is 2.89. The van der Waals surface area contributed by atoms with Crippen LogP contribution in [-0.2, 0) is 16.6 Å². The minimum absolute atomic E-state index is 0.0296. The molecule has 4 rings (SSSR count). The molecule has 184 valence electrons. The number of methoxy groups -OCH3 is 1. The fourth-order valence-electron chi connectivity index (χ4n) is 3.29. The van der Waals surface area contributed by atoms with E-state index in [0.29, 0.717) is 17.0 Å². The predicted octanol–water partition coefficient (Wildman–Crippen LogP) is 3.93. The van der Waals surface area contributed by atoms with Crippen molar-refractivity contribution in [3.05, 3.63) is 89.9 Å². The van der Waals surface area contributed by atoms with Gasteiger partial charge >= 0.3 is 5.97 Å². The topological polar surface area (TPSA) is 141 Å². The van der Waals surface area contributed by atoms with E-state index in [-0.39, 0.29) is 34.5 Å². The number of anilines is 1. The molecule has 4 aromatic rings. The second kappa shape index (κ2) is 10.4. The minimum Gasteiger partial charge on any atom is -0.489 e. The van der Waals surface area contributed by atoms with Crippen LogP contribution in [0.4, 0.5) is 5.82 Å². The van der Waals surface area contributed by atoms with Crippen LogP contribution in [0.15, 0.2) is 78.0 Å². The first-order valence-electron chi connectivity index (χ1n) is 10.7. The maximum atomic E-state index is 13.2. The zero-order chi connectivity index (χ0) is 25.7. The summed E-state index contributed by atoms with van der Waals surface area (Å²) in [5.41, 5.74) is 2.40. The summed E-state index contributed by atoms with van der Waals surface area (Å²) in [5, 5.41) is 8.99. The normalized spacial score (nSPS) is 11.1. The molecule has 0 amide bonds. The Balaban J connectivity index is 1.53. The number of ether oxygens (including phenoxy) is 2. The van der Waals surface area contributed by atoms with Gasteiger partial charge in [-0.15, -0.1) is 0 Å². The number of sulfonamides is 1. The van der Waals surface area contributed by atoms with E-state index in [9.17, 15) is 13.2 Å². The Morgan fingerprint density at radius 2 is 1.75 bits per heavy atom. The fourth-order valence-corrected chi connectivity index (χ4v) is 4.48. The third-order valence-electron chi connectivity index (χ3n) is 5.08. The molecule has 0 saturated carbocycles. The number of aromatic carboxylic acids is 1. The molecule has 0 saturated heterocycles. The Morgan fingerprint density at radius 3 is 2.42 bits per heavy atom. The van der Waals surface area contributed by atoms with Crippen molar-refractivity contribution in [2.75, 3.05) is 11.8 Å². The first kappa shape index (κ1) is 24.6. The number of hydrogen-bond donors (Lipinski definition) is 2. The van der Waals surface area contributed by atoms with Gasteiger partial charge in [0.15, 0.2) is 0 Å². The molecule has 2 aromatic carbocycles. The van der Waals surface area contributed by atoms with Gasteiger partial charge in [0.2, 0.25) is 5.82 Å². The lowest BCUT2D eigenvalue weighted by molar-refractivity contribution is 0.0696. The van der Waals surface area contributed by atoms with Gasteiger partial charge in [0.1, 0.15) is 17.3 Å².